The van der Waals surface area contributed by atoms with Crippen molar-refractivity contribution in [1.29, 1.82) is 0 Å². The summed E-state index contributed by atoms with van der Waals surface area (Å²) in [5.74, 6) is -0.0861. The molecule has 102 valence electrons. The molecule has 0 spiro atoms. The lowest BCUT2D eigenvalue weighted by atomic mass is 9.96. The Morgan fingerprint density at radius 1 is 1.74 bits per heavy atom. The van der Waals surface area contributed by atoms with E-state index in [4.69, 9.17) is 10.5 Å². The molecule has 19 heavy (non-hydrogen) atoms. The molecule has 1 aromatic rings. The molecule has 2 aliphatic rings. The van der Waals surface area contributed by atoms with Gasteiger partial charge in [-0.05, 0) is 12.5 Å². The first-order valence-corrected chi connectivity index (χ1v) is 6.37. The summed E-state index contributed by atoms with van der Waals surface area (Å²) in [6.45, 7) is 5.97. The fourth-order valence-electron chi connectivity index (χ4n) is 3.21. The zero-order valence-corrected chi connectivity index (χ0v) is 10.7. The standard InChI is InChI=1S/C13H17N3O3/c1-3-13-6-7(2)9(10(13)17)11(19-13)16-5-4-8(14)15-12(16)18/h4-5,9-11,17H,2-3,6H2,1H3,(H2,14,15,18)/t9-,10+,11-,13+/m1/s1. The highest BCUT2D eigenvalue weighted by atomic mass is 16.6. The smallest absolute Gasteiger partial charge is 0.351 e. The number of nitrogens with zero attached hydrogens (tertiary/aromatic N) is 2. The van der Waals surface area contributed by atoms with Gasteiger partial charge in [0.15, 0.2) is 0 Å². The van der Waals surface area contributed by atoms with Crippen LogP contribution in [0.4, 0.5) is 5.82 Å². The van der Waals surface area contributed by atoms with Crippen molar-refractivity contribution in [3.05, 3.63) is 34.9 Å². The molecule has 2 bridgehead atoms. The van der Waals surface area contributed by atoms with Gasteiger partial charge in [0.1, 0.15) is 17.6 Å². The molecule has 1 aromatic heterocycles. The zero-order chi connectivity index (χ0) is 13.8. The van der Waals surface area contributed by atoms with Crippen LogP contribution in [0.3, 0.4) is 0 Å². The molecule has 1 aliphatic carbocycles. The Morgan fingerprint density at radius 3 is 3.05 bits per heavy atom. The largest absolute Gasteiger partial charge is 0.389 e. The molecule has 0 aromatic carbocycles. The molecule has 2 fully saturated rings. The van der Waals surface area contributed by atoms with E-state index in [2.05, 4.69) is 11.6 Å². The van der Waals surface area contributed by atoms with Crippen molar-refractivity contribution >= 4 is 5.82 Å². The van der Waals surface area contributed by atoms with Crippen LogP contribution in [0.2, 0.25) is 0 Å². The third kappa shape index (κ3) is 1.56. The number of rotatable bonds is 2. The number of ether oxygens (including phenoxy) is 1. The highest BCUT2D eigenvalue weighted by Gasteiger charge is 2.60. The number of aliphatic hydroxyl groups is 1. The molecule has 4 atom stereocenters. The monoisotopic (exact) mass is 263 g/mol. The van der Waals surface area contributed by atoms with Crippen molar-refractivity contribution in [2.24, 2.45) is 5.92 Å². The Hall–Kier alpha value is -1.66. The van der Waals surface area contributed by atoms with Gasteiger partial charge in [-0.2, -0.15) is 4.98 Å². The molecule has 3 rings (SSSR count). The van der Waals surface area contributed by atoms with E-state index < -0.39 is 23.6 Å². The van der Waals surface area contributed by atoms with Gasteiger partial charge in [0.05, 0.1) is 12.0 Å². The van der Waals surface area contributed by atoms with E-state index in [-0.39, 0.29) is 11.7 Å². The number of hydrogen-bond acceptors (Lipinski definition) is 5. The molecule has 3 N–H and O–H groups in total. The lowest BCUT2D eigenvalue weighted by Gasteiger charge is -2.31. The number of aromatic nitrogens is 2. The van der Waals surface area contributed by atoms with Gasteiger partial charge >= 0.3 is 5.69 Å². The Kier molecular flexibility index (Phi) is 2.55. The lowest BCUT2D eigenvalue weighted by molar-refractivity contribution is -0.111. The first-order valence-electron chi connectivity index (χ1n) is 6.37. The summed E-state index contributed by atoms with van der Waals surface area (Å²) in [7, 11) is 0. The van der Waals surface area contributed by atoms with Crippen LogP contribution in [0.25, 0.3) is 0 Å². The molecule has 0 amide bonds. The van der Waals surface area contributed by atoms with Crippen molar-refractivity contribution in [2.45, 2.75) is 37.7 Å². The van der Waals surface area contributed by atoms with Gasteiger partial charge in [0, 0.05) is 12.6 Å². The topological polar surface area (TPSA) is 90.4 Å². The highest BCUT2D eigenvalue weighted by molar-refractivity contribution is 5.27. The number of nitrogen functional groups attached to an aromatic ring is 1. The van der Waals surface area contributed by atoms with Gasteiger partial charge in [-0.15, -0.1) is 0 Å². The van der Waals surface area contributed by atoms with Crippen LogP contribution in [0.5, 0.6) is 0 Å². The Bertz CT molecular complexity index is 597. The summed E-state index contributed by atoms with van der Waals surface area (Å²) in [5.41, 5.74) is 5.32. The number of fused-ring (bicyclic) bond motifs is 2. The molecule has 1 saturated carbocycles. The van der Waals surface area contributed by atoms with Crippen LogP contribution in [0.15, 0.2) is 29.2 Å². The van der Waals surface area contributed by atoms with Gasteiger partial charge in [0.2, 0.25) is 0 Å². The van der Waals surface area contributed by atoms with Crippen LogP contribution in [-0.4, -0.2) is 26.4 Å². The molecule has 0 unspecified atom stereocenters. The van der Waals surface area contributed by atoms with Crippen LogP contribution in [0.1, 0.15) is 26.0 Å². The maximum absolute atomic E-state index is 11.9. The third-order valence-electron chi connectivity index (χ3n) is 4.26. The highest BCUT2D eigenvalue weighted by Crippen LogP contribution is 2.55. The van der Waals surface area contributed by atoms with Crippen molar-refractivity contribution in [3.63, 3.8) is 0 Å². The summed E-state index contributed by atoms with van der Waals surface area (Å²) < 4.78 is 7.34. The normalized spacial score (nSPS) is 36.9. The maximum atomic E-state index is 11.9. The number of hydrogen-bond donors (Lipinski definition) is 2. The van der Waals surface area contributed by atoms with Crippen LogP contribution < -0.4 is 11.4 Å². The molecule has 0 radical (unpaired) electrons. The second-order valence-electron chi connectivity index (χ2n) is 5.27. The van der Waals surface area contributed by atoms with E-state index in [1.54, 1.807) is 12.3 Å². The Balaban J connectivity index is 2.04. The van der Waals surface area contributed by atoms with Crippen molar-refractivity contribution in [3.8, 4) is 0 Å². The fourth-order valence-corrected chi connectivity index (χ4v) is 3.21. The number of nitrogens with two attached hydrogens (primary N) is 1. The first-order chi connectivity index (χ1) is 8.98. The van der Waals surface area contributed by atoms with Gasteiger partial charge in [-0.1, -0.05) is 19.1 Å². The van der Waals surface area contributed by atoms with Gasteiger partial charge in [-0.25, -0.2) is 4.79 Å². The minimum absolute atomic E-state index is 0.175. The average molecular weight is 263 g/mol. The van der Waals surface area contributed by atoms with Gasteiger partial charge < -0.3 is 15.6 Å². The fraction of sp³-hybridized carbons (Fsp3) is 0.538. The molecule has 2 heterocycles. The maximum Gasteiger partial charge on any atom is 0.351 e. The number of aliphatic hydroxyl groups excluding tert-OH is 1. The first kappa shape index (κ1) is 12.4. The van der Waals surface area contributed by atoms with E-state index in [0.717, 1.165) is 5.57 Å². The Morgan fingerprint density at radius 2 is 2.47 bits per heavy atom. The molecular weight excluding hydrogens is 246 g/mol. The van der Waals surface area contributed by atoms with Crippen LogP contribution in [-0.2, 0) is 4.74 Å². The summed E-state index contributed by atoms with van der Waals surface area (Å²) in [6.07, 6.45) is 1.70. The zero-order valence-electron chi connectivity index (χ0n) is 10.7. The van der Waals surface area contributed by atoms with Crippen molar-refractivity contribution < 1.29 is 9.84 Å². The summed E-state index contributed by atoms with van der Waals surface area (Å²) in [5, 5.41) is 10.4. The second-order valence-corrected chi connectivity index (χ2v) is 5.27. The SMILES string of the molecule is C=C1C[C@]2(CC)O[C@@H](n3ccc(N)nc3=O)[C@H]1[C@@H]2O. The minimum Gasteiger partial charge on any atom is -0.389 e. The lowest BCUT2D eigenvalue weighted by Crippen LogP contribution is -2.37. The van der Waals surface area contributed by atoms with Gasteiger partial charge in [0.25, 0.3) is 0 Å². The third-order valence-corrected chi connectivity index (χ3v) is 4.26. The molecule has 6 heteroatoms. The molecule has 1 saturated heterocycles. The quantitative estimate of drug-likeness (QED) is 0.756. The van der Waals surface area contributed by atoms with Crippen molar-refractivity contribution in [2.75, 3.05) is 5.73 Å². The van der Waals surface area contributed by atoms with E-state index in [1.165, 1.54) is 4.57 Å². The second kappa shape index (κ2) is 3.91. The Labute approximate surface area is 110 Å². The minimum atomic E-state index is -0.626. The predicted octanol–water partition coefficient (Wildman–Crippen LogP) is 0.440. The van der Waals surface area contributed by atoms with E-state index in [9.17, 15) is 9.90 Å². The van der Waals surface area contributed by atoms with Crippen molar-refractivity contribution in [1.82, 2.24) is 9.55 Å². The van der Waals surface area contributed by atoms with Gasteiger partial charge in [-0.3, -0.25) is 4.57 Å². The van der Waals surface area contributed by atoms with Crippen LogP contribution in [0, 0.1) is 5.92 Å². The summed E-state index contributed by atoms with van der Waals surface area (Å²) in [4.78, 5) is 15.6. The number of anilines is 1. The van der Waals surface area contributed by atoms with E-state index in [1.807, 2.05) is 6.92 Å². The van der Waals surface area contributed by atoms with E-state index >= 15 is 0 Å². The van der Waals surface area contributed by atoms with E-state index in [0.29, 0.717) is 12.8 Å². The molecular formula is C13H17N3O3. The average Bonchev–Trinajstić information content (AvgIpc) is 2.76. The molecule has 1 aliphatic heterocycles. The predicted molar refractivity (Wildman–Crippen MR) is 69.3 cm³/mol. The summed E-state index contributed by atoms with van der Waals surface area (Å²) in [6, 6.07) is 1.55. The summed E-state index contributed by atoms with van der Waals surface area (Å²) >= 11 is 0. The molecule has 6 nitrogen and oxygen atoms in total. The van der Waals surface area contributed by atoms with Crippen LogP contribution >= 0.6 is 0 Å².